The van der Waals surface area contributed by atoms with Gasteiger partial charge < -0.3 is 10.4 Å². The van der Waals surface area contributed by atoms with Crippen LogP contribution >= 0.6 is 27.5 Å². The zero-order valence-electron chi connectivity index (χ0n) is 13.5. The summed E-state index contributed by atoms with van der Waals surface area (Å²) in [5.74, 6) is 0.306. The van der Waals surface area contributed by atoms with E-state index in [-0.39, 0.29) is 5.91 Å². The van der Waals surface area contributed by atoms with Gasteiger partial charge in [-0.15, -0.1) is 10.2 Å². The Morgan fingerprint density at radius 2 is 2.04 bits per heavy atom. The van der Waals surface area contributed by atoms with Crippen molar-refractivity contribution >= 4 is 33.4 Å². The van der Waals surface area contributed by atoms with Gasteiger partial charge >= 0.3 is 0 Å². The number of halogens is 2. The number of hydrogen-bond donors (Lipinski definition) is 2. The second-order valence-corrected chi connectivity index (χ2v) is 6.74. The third-order valence-electron chi connectivity index (χ3n) is 3.71. The van der Waals surface area contributed by atoms with Gasteiger partial charge in [0.1, 0.15) is 12.7 Å². The SMILES string of the molecule is O=C(NCCC(O)c1ccccc1Cl)c1cnc(-n2cnnc2)c(Br)c1. The largest absolute Gasteiger partial charge is 0.388 e. The topological polar surface area (TPSA) is 92.9 Å². The summed E-state index contributed by atoms with van der Waals surface area (Å²) < 4.78 is 2.27. The molecule has 7 nitrogen and oxygen atoms in total. The molecule has 134 valence electrons. The molecule has 0 aliphatic carbocycles. The molecule has 1 atom stereocenters. The number of carbonyl (C=O) groups excluding carboxylic acids is 1. The number of nitrogens with zero attached hydrogens (tertiary/aromatic N) is 4. The highest BCUT2D eigenvalue weighted by molar-refractivity contribution is 9.10. The first kappa shape index (κ1) is 18.5. The molecule has 0 aliphatic heterocycles. The van der Waals surface area contributed by atoms with Crippen LogP contribution in [0.3, 0.4) is 0 Å². The van der Waals surface area contributed by atoms with Crippen LogP contribution in [0.4, 0.5) is 0 Å². The third kappa shape index (κ3) is 4.27. The average Bonchev–Trinajstić information content (AvgIpc) is 3.16. The minimum Gasteiger partial charge on any atom is -0.388 e. The van der Waals surface area contributed by atoms with Crippen molar-refractivity contribution in [1.29, 1.82) is 0 Å². The summed E-state index contributed by atoms with van der Waals surface area (Å²) in [6, 6.07) is 8.76. The van der Waals surface area contributed by atoms with Crippen LogP contribution in [0.25, 0.3) is 5.82 Å². The first-order valence-electron chi connectivity index (χ1n) is 7.77. The lowest BCUT2D eigenvalue weighted by molar-refractivity contribution is 0.0942. The van der Waals surface area contributed by atoms with E-state index in [2.05, 4.69) is 36.4 Å². The number of aliphatic hydroxyl groups is 1. The Balaban J connectivity index is 1.58. The molecule has 1 aromatic carbocycles. The van der Waals surface area contributed by atoms with Gasteiger partial charge in [-0.25, -0.2) is 4.98 Å². The van der Waals surface area contributed by atoms with E-state index in [1.165, 1.54) is 18.9 Å². The second kappa shape index (κ2) is 8.39. The predicted octanol–water partition coefficient (Wildman–Crippen LogP) is 2.93. The molecule has 2 N–H and O–H groups in total. The van der Waals surface area contributed by atoms with Gasteiger partial charge in [0.25, 0.3) is 5.91 Å². The van der Waals surface area contributed by atoms with Gasteiger partial charge in [0, 0.05) is 17.8 Å². The van der Waals surface area contributed by atoms with Crippen LogP contribution in [-0.4, -0.2) is 37.3 Å². The van der Waals surface area contributed by atoms with E-state index in [1.807, 2.05) is 6.07 Å². The molecule has 26 heavy (non-hydrogen) atoms. The van der Waals surface area contributed by atoms with E-state index < -0.39 is 6.10 Å². The van der Waals surface area contributed by atoms with Crippen LogP contribution in [0.2, 0.25) is 5.02 Å². The fraction of sp³-hybridized carbons (Fsp3) is 0.176. The fourth-order valence-electron chi connectivity index (χ4n) is 2.38. The van der Waals surface area contributed by atoms with Crippen LogP contribution in [0.15, 0.2) is 53.7 Å². The molecule has 2 aromatic heterocycles. The maximum atomic E-state index is 12.3. The van der Waals surface area contributed by atoms with Crippen molar-refractivity contribution in [3.8, 4) is 5.82 Å². The fourth-order valence-corrected chi connectivity index (χ4v) is 3.20. The molecule has 1 amide bonds. The van der Waals surface area contributed by atoms with E-state index >= 15 is 0 Å². The van der Waals surface area contributed by atoms with E-state index in [0.29, 0.717) is 39.4 Å². The molecule has 3 rings (SSSR count). The molecular formula is C17H15BrClN5O2. The zero-order valence-corrected chi connectivity index (χ0v) is 15.9. The number of aromatic nitrogens is 4. The number of benzene rings is 1. The molecule has 9 heteroatoms. The molecule has 3 aromatic rings. The van der Waals surface area contributed by atoms with Crippen molar-refractivity contribution in [2.45, 2.75) is 12.5 Å². The van der Waals surface area contributed by atoms with Gasteiger partial charge in [-0.1, -0.05) is 29.8 Å². The summed E-state index contributed by atoms with van der Waals surface area (Å²) in [4.78, 5) is 16.5. The minimum absolute atomic E-state index is 0.278. The number of hydrogen-bond acceptors (Lipinski definition) is 5. The molecule has 2 heterocycles. The van der Waals surface area contributed by atoms with Crippen LogP contribution < -0.4 is 5.32 Å². The molecule has 0 radical (unpaired) electrons. The van der Waals surface area contributed by atoms with E-state index in [0.717, 1.165) is 0 Å². The van der Waals surface area contributed by atoms with Gasteiger partial charge in [-0.2, -0.15) is 0 Å². The predicted molar refractivity (Wildman–Crippen MR) is 100 cm³/mol. The van der Waals surface area contributed by atoms with Crippen molar-refractivity contribution in [3.05, 3.63) is 69.8 Å². The third-order valence-corrected chi connectivity index (χ3v) is 4.64. The average molecular weight is 437 g/mol. The lowest BCUT2D eigenvalue weighted by atomic mass is 10.1. The zero-order chi connectivity index (χ0) is 18.5. The molecule has 0 aliphatic rings. The summed E-state index contributed by atoms with van der Waals surface area (Å²) in [5, 5.41) is 20.9. The van der Waals surface area contributed by atoms with Gasteiger partial charge in [0.15, 0.2) is 5.82 Å². The number of amides is 1. The van der Waals surface area contributed by atoms with Crippen molar-refractivity contribution in [2.24, 2.45) is 0 Å². The lowest BCUT2D eigenvalue weighted by Crippen LogP contribution is -2.26. The van der Waals surface area contributed by atoms with Gasteiger partial charge in [0.05, 0.1) is 16.1 Å². The summed E-state index contributed by atoms with van der Waals surface area (Å²) in [7, 11) is 0. The molecule has 0 saturated carbocycles. The smallest absolute Gasteiger partial charge is 0.252 e. The highest BCUT2D eigenvalue weighted by Crippen LogP contribution is 2.24. The number of nitrogens with one attached hydrogen (secondary N) is 1. The highest BCUT2D eigenvalue weighted by Gasteiger charge is 2.13. The van der Waals surface area contributed by atoms with Crippen LogP contribution in [-0.2, 0) is 0 Å². The minimum atomic E-state index is -0.745. The molecule has 1 unspecified atom stereocenters. The van der Waals surface area contributed by atoms with Gasteiger partial charge in [-0.05, 0) is 40.0 Å². The number of aliphatic hydroxyl groups excluding tert-OH is 1. The van der Waals surface area contributed by atoms with Gasteiger partial charge in [-0.3, -0.25) is 9.36 Å². The quantitative estimate of drug-likeness (QED) is 0.620. The lowest BCUT2D eigenvalue weighted by Gasteiger charge is -2.13. The van der Waals surface area contributed by atoms with Crippen LogP contribution in [0.1, 0.15) is 28.4 Å². The number of carbonyl (C=O) groups is 1. The molecule has 0 fully saturated rings. The Morgan fingerprint density at radius 3 is 2.73 bits per heavy atom. The Hall–Kier alpha value is -2.29. The molecule has 0 saturated heterocycles. The van der Waals surface area contributed by atoms with E-state index in [1.54, 1.807) is 28.8 Å². The molecule has 0 bridgehead atoms. The standard InChI is InChI=1S/C17H15BrClN5O2/c18-13-7-11(8-21-16(13)24-9-22-23-10-24)17(26)20-6-5-15(25)12-3-1-2-4-14(12)19/h1-4,7-10,15,25H,5-6H2,(H,20,26). The molecular weight excluding hydrogens is 422 g/mol. The van der Waals surface area contributed by atoms with Crippen molar-refractivity contribution in [3.63, 3.8) is 0 Å². The summed E-state index contributed by atoms with van der Waals surface area (Å²) in [6.07, 6.45) is 4.11. The first-order chi connectivity index (χ1) is 12.6. The Morgan fingerprint density at radius 1 is 1.31 bits per heavy atom. The van der Waals surface area contributed by atoms with Crippen molar-refractivity contribution in [2.75, 3.05) is 6.54 Å². The maximum Gasteiger partial charge on any atom is 0.252 e. The Labute approximate surface area is 163 Å². The highest BCUT2D eigenvalue weighted by atomic mass is 79.9. The number of pyridine rings is 1. The summed E-state index contributed by atoms with van der Waals surface area (Å²) in [5.41, 5.74) is 1.05. The molecule has 0 spiro atoms. The monoisotopic (exact) mass is 435 g/mol. The van der Waals surface area contributed by atoms with E-state index in [9.17, 15) is 9.90 Å². The van der Waals surface area contributed by atoms with Crippen LogP contribution in [0, 0.1) is 0 Å². The summed E-state index contributed by atoms with van der Waals surface area (Å²) >= 11 is 9.45. The number of rotatable bonds is 6. The Kier molecular flexibility index (Phi) is 5.97. The Bertz CT molecular complexity index is 904. The van der Waals surface area contributed by atoms with Gasteiger partial charge in [0.2, 0.25) is 0 Å². The maximum absolute atomic E-state index is 12.3. The van der Waals surface area contributed by atoms with Crippen LogP contribution in [0.5, 0.6) is 0 Å². The normalized spacial score (nSPS) is 12.0. The summed E-state index contributed by atoms with van der Waals surface area (Å²) in [6.45, 7) is 0.302. The van der Waals surface area contributed by atoms with Crippen molar-refractivity contribution < 1.29 is 9.90 Å². The first-order valence-corrected chi connectivity index (χ1v) is 8.94. The van der Waals surface area contributed by atoms with E-state index in [4.69, 9.17) is 11.6 Å². The van der Waals surface area contributed by atoms with Crippen molar-refractivity contribution in [1.82, 2.24) is 25.1 Å². The second-order valence-electron chi connectivity index (χ2n) is 5.48.